The topological polar surface area (TPSA) is 43.0 Å². The van der Waals surface area contributed by atoms with E-state index in [0.29, 0.717) is 17.5 Å². The van der Waals surface area contributed by atoms with Gasteiger partial charge in [0.15, 0.2) is 0 Å². The molecule has 2 heterocycles. The van der Waals surface area contributed by atoms with Gasteiger partial charge in [-0.05, 0) is 25.5 Å². The van der Waals surface area contributed by atoms with E-state index in [-0.39, 0.29) is 0 Å². The first-order valence-corrected chi connectivity index (χ1v) is 6.89. The lowest BCUT2D eigenvalue weighted by Gasteiger charge is -2.04. The van der Waals surface area contributed by atoms with Crippen LogP contribution < -0.4 is 5.32 Å². The van der Waals surface area contributed by atoms with E-state index in [1.807, 2.05) is 11.6 Å². The standard InChI is InChI=1S/C14H20ClN3O/c1-10(2)5-16-6-12-4-13(19-9-12)8-18-11(3)14(15)7-17-18/h4,7,9-10,16H,5-6,8H2,1-3H3. The van der Waals surface area contributed by atoms with Gasteiger partial charge in [0.05, 0.1) is 29.7 Å². The zero-order valence-electron chi connectivity index (χ0n) is 11.6. The van der Waals surface area contributed by atoms with Gasteiger partial charge in [-0.2, -0.15) is 5.10 Å². The molecule has 0 amide bonds. The van der Waals surface area contributed by atoms with Gasteiger partial charge in [0.1, 0.15) is 5.76 Å². The van der Waals surface area contributed by atoms with Crippen LogP contribution in [0.3, 0.4) is 0 Å². The minimum Gasteiger partial charge on any atom is -0.467 e. The third-order valence-electron chi connectivity index (χ3n) is 2.94. The number of hydrogen-bond donors (Lipinski definition) is 1. The number of nitrogens with zero attached hydrogens (tertiary/aromatic N) is 2. The molecule has 0 aliphatic rings. The van der Waals surface area contributed by atoms with Gasteiger partial charge in [-0.1, -0.05) is 25.4 Å². The van der Waals surface area contributed by atoms with Crippen molar-refractivity contribution < 1.29 is 4.42 Å². The number of halogens is 1. The van der Waals surface area contributed by atoms with Crippen molar-refractivity contribution in [1.29, 1.82) is 0 Å². The Morgan fingerprint density at radius 3 is 2.89 bits per heavy atom. The molecule has 0 fully saturated rings. The number of aromatic nitrogens is 2. The SMILES string of the molecule is Cc1c(Cl)cnn1Cc1cc(CNCC(C)C)co1. The maximum absolute atomic E-state index is 5.98. The Morgan fingerprint density at radius 2 is 2.26 bits per heavy atom. The predicted molar refractivity (Wildman–Crippen MR) is 76.3 cm³/mol. The molecular formula is C14H20ClN3O. The molecule has 0 radical (unpaired) electrons. The highest BCUT2D eigenvalue weighted by molar-refractivity contribution is 6.31. The monoisotopic (exact) mass is 281 g/mol. The summed E-state index contributed by atoms with van der Waals surface area (Å²) in [6.07, 6.45) is 3.45. The minimum absolute atomic E-state index is 0.614. The van der Waals surface area contributed by atoms with Crippen LogP contribution in [0.5, 0.6) is 0 Å². The molecular weight excluding hydrogens is 262 g/mol. The molecule has 0 spiro atoms. The molecule has 104 valence electrons. The Kier molecular flexibility index (Phi) is 4.66. The average molecular weight is 282 g/mol. The number of rotatable bonds is 6. The molecule has 2 aromatic heterocycles. The molecule has 5 heteroatoms. The van der Waals surface area contributed by atoms with Crippen LogP contribution in [0.4, 0.5) is 0 Å². The Hall–Kier alpha value is -1.26. The van der Waals surface area contributed by atoms with Crippen LogP contribution in [0, 0.1) is 12.8 Å². The fraction of sp³-hybridized carbons (Fsp3) is 0.500. The molecule has 0 unspecified atom stereocenters. The maximum atomic E-state index is 5.98. The molecule has 0 aromatic carbocycles. The summed E-state index contributed by atoms with van der Waals surface area (Å²) in [6.45, 7) is 8.79. The van der Waals surface area contributed by atoms with E-state index in [9.17, 15) is 0 Å². The van der Waals surface area contributed by atoms with Crippen LogP contribution >= 0.6 is 11.6 Å². The van der Waals surface area contributed by atoms with Gasteiger partial charge < -0.3 is 9.73 Å². The van der Waals surface area contributed by atoms with Crippen molar-refractivity contribution in [2.24, 2.45) is 5.92 Å². The zero-order chi connectivity index (χ0) is 13.8. The normalized spacial score (nSPS) is 11.4. The Balaban J connectivity index is 1.92. The molecule has 0 saturated heterocycles. The molecule has 0 saturated carbocycles. The van der Waals surface area contributed by atoms with Gasteiger partial charge in [0.25, 0.3) is 0 Å². The molecule has 2 aromatic rings. The molecule has 0 bridgehead atoms. The third kappa shape index (κ3) is 3.85. The molecule has 2 rings (SSSR count). The van der Waals surface area contributed by atoms with Crippen molar-refractivity contribution in [2.75, 3.05) is 6.54 Å². The van der Waals surface area contributed by atoms with Crippen LogP contribution in [0.15, 0.2) is 22.9 Å². The molecule has 1 N–H and O–H groups in total. The van der Waals surface area contributed by atoms with Crippen LogP contribution in [-0.2, 0) is 13.1 Å². The van der Waals surface area contributed by atoms with Crippen molar-refractivity contribution in [3.8, 4) is 0 Å². The van der Waals surface area contributed by atoms with Crippen LogP contribution in [0.1, 0.15) is 30.9 Å². The second-order valence-electron chi connectivity index (χ2n) is 5.18. The van der Waals surface area contributed by atoms with Gasteiger partial charge in [-0.3, -0.25) is 4.68 Å². The Morgan fingerprint density at radius 1 is 1.47 bits per heavy atom. The summed E-state index contributed by atoms with van der Waals surface area (Å²) in [5.74, 6) is 1.55. The van der Waals surface area contributed by atoms with Gasteiger partial charge in [-0.25, -0.2) is 0 Å². The lowest BCUT2D eigenvalue weighted by atomic mass is 10.2. The smallest absolute Gasteiger partial charge is 0.125 e. The summed E-state index contributed by atoms with van der Waals surface area (Å²) in [5, 5.41) is 8.29. The van der Waals surface area contributed by atoms with Crippen molar-refractivity contribution in [2.45, 2.75) is 33.9 Å². The van der Waals surface area contributed by atoms with Gasteiger partial charge in [-0.15, -0.1) is 0 Å². The van der Waals surface area contributed by atoms with Crippen molar-refractivity contribution in [3.05, 3.63) is 40.6 Å². The van der Waals surface area contributed by atoms with E-state index in [4.69, 9.17) is 16.0 Å². The van der Waals surface area contributed by atoms with Crippen molar-refractivity contribution in [3.63, 3.8) is 0 Å². The number of furan rings is 1. The average Bonchev–Trinajstić information content (AvgIpc) is 2.91. The maximum Gasteiger partial charge on any atom is 0.125 e. The van der Waals surface area contributed by atoms with Crippen LogP contribution in [-0.4, -0.2) is 16.3 Å². The highest BCUT2D eigenvalue weighted by Crippen LogP contribution is 2.16. The van der Waals surface area contributed by atoms with Crippen molar-refractivity contribution in [1.82, 2.24) is 15.1 Å². The molecule has 0 atom stereocenters. The Bertz CT molecular complexity index is 531. The van der Waals surface area contributed by atoms with E-state index < -0.39 is 0 Å². The van der Waals surface area contributed by atoms with Gasteiger partial charge in [0.2, 0.25) is 0 Å². The van der Waals surface area contributed by atoms with E-state index in [1.165, 1.54) is 0 Å². The van der Waals surface area contributed by atoms with E-state index >= 15 is 0 Å². The molecule has 4 nitrogen and oxygen atoms in total. The second-order valence-corrected chi connectivity index (χ2v) is 5.59. The number of hydrogen-bond acceptors (Lipinski definition) is 3. The first-order chi connectivity index (χ1) is 9.06. The summed E-state index contributed by atoms with van der Waals surface area (Å²) < 4.78 is 7.39. The fourth-order valence-corrected chi connectivity index (χ4v) is 1.98. The minimum atomic E-state index is 0.614. The van der Waals surface area contributed by atoms with E-state index in [0.717, 1.165) is 30.1 Å². The zero-order valence-corrected chi connectivity index (χ0v) is 12.4. The highest BCUT2D eigenvalue weighted by atomic mass is 35.5. The highest BCUT2D eigenvalue weighted by Gasteiger charge is 2.07. The van der Waals surface area contributed by atoms with E-state index in [2.05, 4.69) is 30.3 Å². The molecule has 19 heavy (non-hydrogen) atoms. The molecule has 0 aliphatic heterocycles. The van der Waals surface area contributed by atoms with Gasteiger partial charge in [0, 0.05) is 12.1 Å². The summed E-state index contributed by atoms with van der Waals surface area (Å²) in [7, 11) is 0. The van der Waals surface area contributed by atoms with Gasteiger partial charge >= 0.3 is 0 Å². The summed E-state index contributed by atoms with van der Waals surface area (Å²) in [6, 6.07) is 2.06. The quantitative estimate of drug-likeness (QED) is 0.884. The predicted octanol–water partition coefficient (Wildman–Crippen LogP) is 3.23. The van der Waals surface area contributed by atoms with Crippen molar-refractivity contribution >= 4 is 11.6 Å². The molecule has 0 aliphatic carbocycles. The first kappa shape index (κ1) is 14.2. The lowest BCUT2D eigenvalue weighted by Crippen LogP contribution is -2.18. The Labute approximate surface area is 118 Å². The lowest BCUT2D eigenvalue weighted by molar-refractivity contribution is 0.474. The summed E-state index contributed by atoms with van der Waals surface area (Å²) in [4.78, 5) is 0. The first-order valence-electron chi connectivity index (χ1n) is 6.51. The largest absolute Gasteiger partial charge is 0.467 e. The van der Waals surface area contributed by atoms with Crippen LogP contribution in [0.2, 0.25) is 5.02 Å². The van der Waals surface area contributed by atoms with Crippen LogP contribution in [0.25, 0.3) is 0 Å². The van der Waals surface area contributed by atoms with E-state index in [1.54, 1.807) is 12.5 Å². The number of nitrogens with one attached hydrogen (secondary N) is 1. The summed E-state index contributed by atoms with van der Waals surface area (Å²) >= 11 is 5.98. The summed E-state index contributed by atoms with van der Waals surface area (Å²) in [5.41, 5.74) is 2.11. The third-order valence-corrected chi connectivity index (χ3v) is 3.31. The fourth-order valence-electron chi connectivity index (χ4n) is 1.84. The second kappa shape index (κ2) is 6.26.